The third-order valence-electron chi connectivity index (χ3n) is 2.40. The zero-order valence-corrected chi connectivity index (χ0v) is 6.71. The molecule has 2 saturated heterocycles. The van der Waals surface area contributed by atoms with Crippen molar-refractivity contribution in [2.75, 3.05) is 0 Å². The number of hydrogen-bond acceptors (Lipinski definition) is 1. The summed E-state index contributed by atoms with van der Waals surface area (Å²) >= 11 is 5.06. The molecule has 0 aromatic rings. The Morgan fingerprint density at radius 1 is 1.00 bits per heavy atom. The fraction of sp³-hybridized carbons (Fsp3) is 0.857. The quantitative estimate of drug-likeness (QED) is 0.507. The van der Waals surface area contributed by atoms with Crippen LogP contribution in [0.5, 0.6) is 0 Å². The Morgan fingerprint density at radius 3 is 1.80 bits per heavy atom. The van der Waals surface area contributed by atoms with Crippen LogP contribution in [0.25, 0.3) is 0 Å². The van der Waals surface area contributed by atoms with E-state index in [9.17, 15) is 0 Å². The zero-order chi connectivity index (χ0) is 6.97. The molecular formula is C7H12N2S. The van der Waals surface area contributed by atoms with E-state index in [0.717, 1.165) is 5.11 Å². The fourth-order valence-corrected chi connectivity index (χ4v) is 2.13. The number of rotatable bonds is 0. The first-order valence-electron chi connectivity index (χ1n) is 3.91. The molecule has 0 amide bonds. The van der Waals surface area contributed by atoms with Crippen molar-refractivity contribution in [1.82, 2.24) is 10.6 Å². The number of nitrogens with one attached hydrogen (secondary N) is 2. The maximum Gasteiger partial charge on any atom is 0.166 e. The van der Waals surface area contributed by atoms with Crippen LogP contribution < -0.4 is 10.6 Å². The number of hydrogen-bond donors (Lipinski definition) is 2. The Bertz CT molecular complexity index is 134. The van der Waals surface area contributed by atoms with Crippen LogP contribution in [0.3, 0.4) is 0 Å². The highest BCUT2D eigenvalue weighted by molar-refractivity contribution is 7.80. The summed E-state index contributed by atoms with van der Waals surface area (Å²) in [5.41, 5.74) is 0. The van der Waals surface area contributed by atoms with E-state index in [1.54, 1.807) is 0 Å². The van der Waals surface area contributed by atoms with E-state index in [1.165, 1.54) is 25.7 Å². The summed E-state index contributed by atoms with van der Waals surface area (Å²) in [5, 5.41) is 7.45. The van der Waals surface area contributed by atoms with E-state index >= 15 is 0 Å². The molecule has 3 heteroatoms. The summed E-state index contributed by atoms with van der Waals surface area (Å²) in [6, 6.07) is 1.33. The maximum atomic E-state index is 5.06. The van der Waals surface area contributed by atoms with Crippen LogP contribution >= 0.6 is 12.2 Å². The van der Waals surface area contributed by atoms with Gasteiger partial charge in [-0.2, -0.15) is 0 Å². The molecule has 0 radical (unpaired) electrons. The lowest BCUT2D eigenvalue weighted by Gasteiger charge is -2.21. The smallest absolute Gasteiger partial charge is 0.166 e. The minimum atomic E-state index is 0.666. The van der Waals surface area contributed by atoms with Crippen LogP contribution in [0.2, 0.25) is 0 Å². The summed E-state index contributed by atoms with van der Waals surface area (Å²) in [4.78, 5) is 0. The van der Waals surface area contributed by atoms with Gasteiger partial charge in [-0.25, -0.2) is 0 Å². The van der Waals surface area contributed by atoms with Gasteiger partial charge >= 0.3 is 0 Å². The van der Waals surface area contributed by atoms with Crippen LogP contribution in [0.15, 0.2) is 0 Å². The molecule has 3 aliphatic rings. The second-order valence-corrected chi connectivity index (χ2v) is 3.57. The number of fused-ring (bicyclic) bond motifs is 4. The van der Waals surface area contributed by atoms with Crippen LogP contribution in [-0.2, 0) is 0 Å². The van der Waals surface area contributed by atoms with Gasteiger partial charge in [-0.15, -0.1) is 0 Å². The van der Waals surface area contributed by atoms with Crippen LogP contribution in [0.1, 0.15) is 25.7 Å². The van der Waals surface area contributed by atoms with Gasteiger partial charge in [0.15, 0.2) is 5.11 Å². The first-order chi connectivity index (χ1) is 4.84. The lowest BCUT2D eigenvalue weighted by molar-refractivity contribution is 0.385. The largest absolute Gasteiger partial charge is 0.360 e. The highest BCUT2D eigenvalue weighted by Gasteiger charge is 2.25. The van der Waals surface area contributed by atoms with Crippen LogP contribution in [0, 0.1) is 0 Å². The average Bonchev–Trinajstić information content (AvgIpc) is 2.17. The molecule has 1 aliphatic carbocycles. The summed E-state index contributed by atoms with van der Waals surface area (Å²) in [6.45, 7) is 0. The van der Waals surface area contributed by atoms with Crippen LogP contribution in [-0.4, -0.2) is 17.2 Å². The lowest BCUT2D eigenvalue weighted by Crippen LogP contribution is -2.37. The molecule has 0 aromatic carbocycles. The highest BCUT2D eigenvalue weighted by atomic mass is 32.1. The highest BCUT2D eigenvalue weighted by Crippen LogP contribution is 2.20. The summed E-state index contributed by atoms with van der Waals surface area (Å²) in [5.74, 6) is 0. The van der Waals surface area contributed by atoms with Crippen molar-refractivity contribution in [3.63, 3.8) is 0 Å². The van der Waals surface area contributed by atoms with Crippen molar-refractivity contribution in [2.24, 2.45) is 0 Å². The zero-order valence-electron chi connectivity index (χ0n) is 5.89. The Labute approximate surface area is 66.4 Å². The Balaban J connectivity index is 2.12. The second kappa shape index (κ2) is 2.38. The van der Waals surface area contributed by atoms with Crippen molar-refractivity contribution >= 4 is 17.3 Å². The molecule has 2 bridgehead atoms. The van der Waals surface area contributed by atoms with E-state index in [1.807, 2.05) is 0 Å². The normalized spacial score (nSPS) is 38.2. The van der Waals surface area contributed by atoms with Crippen molar-refractivity contribution in [1.29, 1.82) is 0 Å². The molecule has 2 N–H and O–H groups in total. The monoisotopic (exact) mass is 156 g/mol. The van der Waals surface area contributed by atoms with Gasteiger partial charge < -0.3 is 10.6 Å². The Morgan fingerprint density at radius 2 is 1.40 bits per heavy atom. The Kier molecular flexibility index (Phi) is 1.52. The van der Waals surface area contributed by atoms with Gasteiger partial charge in [0.05, 0.1) is 0 Å². The van der Waals surface area contributed by atoms with E-state index in [0.29, 0.717) is 12.1 Å². The van der Waals surface area contributed by atoms with E-state index in [4.69, 9.17) is 12.2 Å². The number of thiocarbonyl (C=S) groups is 1. The molecule has 0 spiro atoms. The molecular weight excluding hydrogens is 144 g/mol. The van der Waals surface area contributed by atoms with E-state index in [-0.39, 0.29) is 0 Å². The van der Waals surface area contributed by atoms with E-state index in [2.05, 4.69) is 10.6 Å². The van der Waals surface area contributed by atoms with Gasteiger partial charge in [-0.1, -0.05) is 0 Å². The van der Waals surface area contributed by atoms with E-state index < -0.39 is 0 Å². The topological polar surface area (TPSA) is 24.1 Å². The van der Waals surface area contributed by atoms with Crippen LogP contribution in [0.4, 0.5) is 0 Å². The van der Waals surface area contributed by atoms with Gasteiger partial charge in [0.1, 0.15) is 0 Å². The van der Waals surface area contributed by atoms with Gasteiger partial charge in [0, 0.05) is 12.1 Å². The SMILES string of the molecule is S=C1NC2CCC(CC2)N1. The fourth-order valence-electron chi connectivity index (χ4n) is 1.79. The van der Waals surface area contributed by atoms with Crippen molar-refractivity contribution in [2.45, 2.75) is 37.8 Å². The molecule has 3 fully saturated rings. The molecule has 0 atom stereocenters. The van der Waals surface area contributed by atoms with Crippen molar-refractivity contribution in [3.8, 4) is 0 Å². The molecule has 0 aromatic heterocycles. The Hall–Kier alpha value is -0.310. The minimum absolute atomic E-state index is 0.666. The molecule has 0 unspecified atom stereocenters. The van der Waals surface area contributed by atoms with Gasteiger partial charge in [0.2, 0.25) is 0 Å². The maximum absolute atomic E-state index is 5.06. The summed E-state index contributed by atoms with van der Waals surface area (Å²) < 4.78 is 0. The third-order valence-corrected chi connectivity index (χ3v) is 2.63. The molecule has 10 heavy (non-hydrogen) atoms. The first kappa shape index (κ1) is 6.40. The molecule has 2 nitrogen and oxygen atoms in total. The average molecular weight is 156 g/mol. The molecule has 56 valence electrons. The van der Waals surface area contributed by atoms with Gasteiger partial charge in [0.25, 0.3) is 0 Å². The first-order valence-corrected chi connectivity index (χ1v) is 4.32. The van der Waals surface area contributed by atoms with Crippen molar-refractivity contribution in [3.05, 3.63) is 0 Å². The minimum Gasteiger partial charge on any atom is -0.360 e. The molecule has 2 aliphatic heterocycles. The summed E-state index contributed by atoms with van der Waals surface area (Å²) in [7, 11) is 0. The van der Waals surface area contributed by atoms with Gasteiger partial charge in [-0.05, 0) is 37.9 Å². The molecule has 3 rings (SSSR count). The van der Waals surface area contributed by atoms with Crippen molar-refractivity contribution < 1.29 is 0 Å². The predicted octanol–water partition coefficient (Wildman–Crippen LogP) is 0.775. The standard InChI is InChI=1S/C7H12N2S/c10-7-8-5-1-2-6(9-7)4-3-5/h5-6H,1-4H2,(H2,8,9,10). The molecule has 1 saturated carbocycles. The predicted molar refractivity (Wildman–Crippen MR) is 44.9 cm³/mol. The lowest BCUT2D eigenvalue weighted by atomic mass is 9.93. The third kappa shape index (κ3) is 1.10. The van der Waals surface area contributed by atoms with Gasteiger partial charge in [-0.3, -0.25) is 0 Å². The molecule has 2 heterocycles. The summed E-state index contributed by atoms with van der Waals surface area (Å²) in [6.07, 6.45) is 5.16. The second-order valence-electron chi connectivity index (χ2n) is 3.17.